The molecule has 0 radical (unpaired) electrons. The van der Waals surface area contributed by atoms with E-state index in [1.165, 1.54) is 0 Å². The molecular weight excluding hydrogens is 344 g/mol. The van der Waals surface area contributed by atoms with Crippen LogP contribution < -0.4 is 19.7 Å². The molecule has 1 heterocycles. The van der Waals surface area contributed by atoms with Crippen LogP contribution in [-0.4, -0.2) is 38.6 Å². The summed E-state index contributed by atoms with van der Waals surface area (Å²) < 4.78 is 10.6. The van der Waals surface area contributed by atoms with Gasteiger partial charge in [0.2, 0.25) is 11.8 Å². The van der Waals surface area contributed by atoms with Gasteiger partial charge in [-0.3, -0.25) is 9.59 Å². The monoisotopic (exact) mass is 376 g/mol. The molecule has 0 bridgehead atoms. The number of hydrogen-bond donors (Lipinski definition) is 1. The number of nitrogens with one attached hydrogen (secondary N) is 1. The minimum atomic E-state index is -0.336. The molecule has 2 atom stereocenters. The highest BCUT2D eigenvalue weighted by Gasteiger charge is 2.36. The summed E-state index contributed by atoms with van der Waals surface area (Å²) >= 11 is 0. The largest absolute Gasteiger partial charge is 0.497 e. The maximum absolute atomic E-state index is 12.6. The number of amides is 2. The SMILES string of the molecule is COc1ccc(N2CC(C(=O)NC(C)CCCC(C)C)CC2=O)c(OC)c1. The van der Waals surface area contributed by atoms with E-state index in [9.17, 15) is 9.59 Å². The number of carbonyl (C=O) groups excluding carboxylic acids is 2. The van der Waals surface area contributed by atoms with Gasteiger partial charge < -0.3 is 19.7 Å². The Balaban J connectivity index is 1.97. The van der Waals surface area contributed by atoms with Crippen LogP contribution in [0.4, 0.5) is 5.69 Å². The lowest BCUT2D eigenvalue weighted by Crippen LogP contribution is -2.38. The van der Waals surface area contributed by atoms with E-state index >= 15 is 0 Å². The summed E-state index contributed by atoms with van der Waals surface area (Å²) in [6, 6.07) is 5.45. The molecule has 0 saturated carbocycles. The van der Waals surface area contributed by atoms with Crippen LogP contribution in [0.3, 0.4) is 0 Å². The van der Waals surface area contributed by atoms with Crippen LogP contribution >= 0.6 is 0 Å². The average molecular weight is 376 g/mol. The molecule has 27 heavy (non-hydrogen) atoms. The van der Waals surface area contributed by atoms with Crippen molar-refractivity contribution in [3.63, 3.8) is 0 Å². The van der Waals surface area contributed by atoms with Gasteiger partial charge in [-0.2, -0.15) is 0 Å². The van der Waals surface area contributed by atoms with E-state index in [4.69, 9.17) is 9.47 Å². The smallest absolute Gasteiger partial charge is 0.227 e. The van der Waals surface area contributed by atoms with Crippen molar-refractivity contribution in [3.8, 4) is 11.5 Å². The van der Waals surface area contributed by atoms with Gasteiger partial charge in [-0.25, -0.2) is 0 Å². The molecule has 2 unspecified atom stereocenters. The van der Waals surface area contributed by atoms with Crippen molar-refractivity contribution in [1.82, 2.24) is 5.32 Å². The molecular formula is C21H32N2O4. The maximum atomic E-state index is 12.6. The molecule has 1 aromatic rings. The second-order valence-electron chi connectivity index (χ2n) is 7.68. The fourth-order valence-electron chi connectivity index (χ4n) is 3.39. The quantitative estimate of drug-likeness (QED) is 0.717. The van der Waals surface area contributed by atoms with Gasteiger partial charge in [-0.15, -0.1) is 0 Å². The van der Waals surface area contributed by atoms with Gasteiger partial charge in [0, 0.05) is 25.1 Å². The molecule has 1 aliphatic rings. The van der Waals surface area contributed by atoms with Crippen molar-refractivity contribution < 1.29 is 19.1 Å². The standard InChI is InChI=1S/C21H32N2O4/c1-14(2)7-6-8-15(3)22-21(25)16-11-20(24)23(13-16)18-10-9-17(26-4)12-19(18)27-5/h9-10,12,14-16H,6-8,11,13H2,1-5H3,(H,22,25). The zero-order valence-electron chi connectivity index (χ0n) is 17.1. The normalized spacial score (nSPS) is 17.9. The fraction of sp³-hybridized carbons (Fsp3) is 0.619. The lowest BCUT2D eigenvalue weighted by Gasteiger charge is -2.21. The lowest BCUT2D eigenvalue weighted by molar-refractivity contribution is -0.126. The van der Waals surface area contributed by atoms with Crippen LogP contribution in [0.1, 0.15) is 46.5 Å². The Morgan fingerprint density at radius 3 is 2.59 bits per heavy atom. The molecule has 6 heteroatoms. The number of carbonyl (C=O) groups is 2. The Morgan fingerprint density at radius 2 is 1.96 bits per heavy atom. The van der Waals surface area contributed by atoms with Crippen molar-refractivity contribution in [2.24, 2.45) is 11.8 Å². The first-order valence-electron chi connectivity index (χ1n) is 9.68. The van der Waals surface area contributed by atoms with Gasteiger partial charge in [0.05, 0.1) is 25.8 Å². The summed E-state index contributed by atoms with van der Waals surface area (Å²) in [5.74, 6) is 1.45. The first-order chi connectivity index (χ1) is 12.8. The molecule has 0 spiro atoms. The van der Waals surface area contributed by atoms with E-state index in [0.717, 1.165) is 19.3 Å². The maximum Gasteiger partial charge on any atom is 0.227 e. The Bertz CT molecular complexity index is 660. The van der Waals surface area contributed by atoms with E-state index in [-0.39, 0.29) is 30.2 Å². The van der Waals surface area contributed by atoms with Gasteiger partial charge in [-0.05, 0) is 31.4 Å². The van der Waals surface area contributed by atoms with Crippen molar-refractivity contribution in [3.05, 3.63) is 18.2 Å². The first kappa shape index (κ1) is 21.1. The third-order valence-corrected chi connectivity index (χ3v) is 4.98. The number of rotatable bonds is 9. The number of ether oxygens (including phenoxy) is 2. The molecule has 1 fully saturated rings. The van der Waals surface area contributed by atoms with Crippen LogP contribution in [-0.2, 0) is 9.59 Å². The van der Waals surface area contributed by atoms with E-state index in [1.807, 2.05) is 6.92 Å². The molecule has 0 aliphatic carbocycles. The Labute approximate surface area is 162 Å². The lowest BCUT2D eigenvalue weighted by atomic mass is 10.0. The summed E-state index contributed by atoms with van der Waals surface area (Å²) in [5, 5.41) is 3.07. The molecule has 0 aromatic heterocycles. The summed E-state index contributed by atoms with van der Waals surface area (Å²) in [7, 11) is 3.14. The van der Waals surface area contributed by atoms with Gasteiger partial charge >= 0.3 is 0 Å². The van der Waals surface area contributed by atoms with Crippen LogP contribution in [0.2, 0.25) is 0 Å². The van der Waals surface area contributed by atoms with Crippen LogP contribution in [0.25, 0.3) is 0 Å². The van der Waals surface area contributed by atoms with Gasteiger partial charge in [0.15, 0.2) is 0 Å². The number of hydrogen-bond acceptors (Lipinski definition) is 4. The van der Waals surface area contributed by atoms with Crippen LogP contribution in [0.5, 0.6) is 11.5 Å². The second kappa shape index (κ2) is 9.62. The van der Waals surface area contributed by atoms with Crippen LogP contribution in [0.15, 0.2) is 18.2 Å². The Kier molecular flexibility index (Phi) is 7.51. The predicted molar refractivity (Wildman–Crippen MR) is 106 cm³/mol. The number of nitrogens with zero attached hydrogens (tertiary/aromatic N) is 1. The second-order valence-corrected chi connectivity index (χ2v) is 7.68. The highest BCUT2D eigenvalue weighted by Crippen LogP contribution is 2.35. The average Bonchev–Trinajstić information content (AvgIpc) is 3.02. The summed E-state index contributed by atoms with van der Waals surface area (Å²) in [6.07, 6.45) is 3.44. The zero-order valence-corrected chi connectivity index (χ0v) is 17.1. The number of benzene rings is 1. The molecule has 1 aromatic carbocycles. The van der Waals surface area contributed by atoms with Crippen LogP contribution in [0, 0.1) is 11.8 Å². The van der Waals surface area contributed by atoms with Gasteiger partial charge in [-0.1, -0.05) is 26.7 Å². The van der Waals surface area contributed by atoms with Gasteiger partial charge in [0.1, 0.15) is 11.5 Å². The topological polar surface area (TPSA) is 67.9 Å². The van der Waals surface area contributed by atoms with E-state index < -0.39 is 0 Å². The molecule has 1 N–H and O–H groups in total. The van der Waals surface area contributed by atoms with Crippen molar-refractivity contribution in [2.45, 2.75) is 52.5 Å². The molecule has 2 amide bonds. The summed E-state index contributed by atoms with van der Waals surface area (Å²) in [4.78, 5) is 26.7. The minimum Gasteiger partial charge on any atom is -0.497 e. The third-order valence-electron chi connectivity index (χ3n) is 4.98. The fourth-order valence-corrected chi connectivity index (χ4v) is 3.39. The zero-order chi connectivity index (χ0) is 20.0. The summed E-state index contributed by atoms with van der Waals surface area (Å²) in [6.45, 7) is 6.80. The minimum absolute atomic E-state index is 0.0459. The van der Waals surface area contributed by atoms with Crippen molar-refractivity contribution >= 4 is 17.5 Å². The Morgan fingerprint density at radius 1 is 1.22 bits per heavy atom. The van der Waals surface area contributed by atoms with E-state index in [0.29, 0.717) is 29.6 Å². The van der Waals surface area contributed by atoms with Crippen molar-refractivity contribution in [2.75, 3.05) is 25.7 Å². The highest BCUT2D eigenvalue weighted by atomic mass is 16.5. The van der Waals surface area contributed by atoms with E-state index in [1.54, 1.807) is 37.3 Å². The molecule has 1 saturated heterocycles. The third kappa shape index (κ3) is 5.62. The first-order valence-corrected chi connectivity index (χ1v) is 9.68. The highest BCUT2D eigenvalue weighted by molar-refractivity contribution is 6.01. The van der Waals surface area contributed by atoms with Gasteiger partial charge in [0.25, 0.3) is 0 Å². The van der Waals surface area contributed by atoms with Crippen molar-refractivity contribution in [1.29, 1.82) is 0 Å². The van der Waals surface area contributed by atoms with E-state index in [2.05, 4.69) is 19.2 Å². The number of methoxy groups -OCH3 is 2. The predicted octanol–water partition coefficient (Wildman–Crippen LogP) is 3.39. The molecule has 2 rings (SSSR count). The molecule has 150 valence electrons. The number of anilines is 1. The molecule has 1 aliphatic heterocycles. The Hall–Kier alpha value is -2.24. The molecule has 6 nitrogen and oxygen atoms in total. The summed E-state index contributed by atoms with van der Waals surface area (Å²) in [5.41, 5.74) is 0.670.